The lowest BCUT2D eigenvalue weighted by molar-refractivity contribution is 0.101. The molecule has 0 spiro atoms. The second-order valence-electron chi connectivity index (χ2n) is 5.98. The summed E-state index contributed by atoms with van der Waals surface area (Å²) in [5, 5.41) is 0. The number of aryl methyl sites for hydroxylation is 3. The van der Waals surface area contributed by atoms with E-state index in [0.717, 1.165) is 30.4 Å². The maximum Gasteiger partial charge on any atom is 0.261 e. The number of rotatable bonds is 4. The molecule has 2 aromatic rings. The molecule has 0 bridgehead atoms. The molecule has 1 aliphatic carbocycles. The van der Waals surface area contributed by atoms with E-state index in [9.17, 15) is 13.2 Å². The standard InChI is InChI=1S/C18H19NO3S/c1-12-6-7-15(13(2)20)11-18(12)19-23(21,22)17-9-8-14-4-3-5-16(14)10-17/h6-11,19H,3-5H2,1-2H3. The van der Waals surface area contributed by atoms with Gasteiger partial charge in [-0.05, 0) is 68.0 Å². The van der Waals surface area contributed by atoms with Crippen molar-refractivity contribution in [1.82, 2.24) is 0 Å². The summed E-state index contributed by atoms with van der Waals surface area (Å²) in [6.45, 7) is 3.27. The van der Waals surface area contributed by atoms with Gasteiger partial charge in [-0.15, -0.1) is 0 Å². The Kier molecular flexibility index (Phi) is 3.98. The molecular formula is C18H19NO3S. The largest absolute Gasteiger partial charge is 0.295 e. The van der Waals surface area contributed by atoms with E-state index in [1.165, 1.54) is 12.5 Å². The summed E-state index contributed by atoms with van der Waals surface area (Å²) in [5.41, 5.74) is 4.06. The van der Waals surface area contributed by atoms with Crippen molar-refractivity contribution in [2.45, 2.75) is 38.0 Å². The third kappa shape index (κ3) is 3.15. The van der Waals surface area contributed by atoms with E-state index in [0.29, 0.717) is 11.3 Å². The zero-order chi connectivity index (χ0) is 16.6. The van der Waals surface area contributed by atoms with Crippen molar-refractivity contribution in [2.24, 2.45) is 0 Å². The van der Waals surface area contributed by atoms with Gasteiger partial charge in [0.1, 0.15) is 0 Å². The summed E-state index contributed by atoms with van der Waals surface area (Å²) in [7, 11) is -3.66. The lowest BCUT2D eigenvalue weighted by atomic mass is 10.1. The summed E-state index contributed by atoms with van der Waals surface area (Å²) < 4.78 is 27.9. The number of hydrogen-bond donors (Lipinski definition) is 1. The van der Waals surface area contributed by atoms with Crippen molar-refractivity contribution in [3.63, 3.8) is 0 Å². The number of ketones is 1. The van der Waals surface area contributed by atoms with Gasteiger partial charge >= 0.3 is 0 Å². The number of fused-ring (bicyclic) bond motifs is 1. The molecule has 0 unspecified atom stereocenters. The average Bonchev–Trinajstić information content (AvgIpc) is 2.96. The van der Waals surface area contributed by atoms with Crippen LogP contribution in [0.3, 0.4) is 0 Å². The molecule has 0 radical (unpaired) electrons. The fraction of sp³-hybridized carbons (Fsp3) is 0.278. The minimum absolute atomic E-state index is 0.0945. The molecule has 4 nitrogen and oxygen atoms in total. The molecule has 0 aromatic heterocycles. The van der Waals surface area contributed by atoms with Gasteiger partial charge in [-0.2, -0.15) is 0 Å². The van der Waals surface area contributed by atoms with Gasteiger partial charge in [0.05, 0.1) is 10.6 Å². The van der Waals surface area contributed by atoms with Crippen molar-refractivity contribution in [3.8, 4) is 0 Å². The Morgan fingerprint density at radius 3 is 2.52 bits per heavy atom. The smallest absolute Gasteiger partial charge is 0.261 e. The summed E-state index contributed by atoms with van der Waals surface area (Å²) >= 11 is 0. The Morgan fingerprint density at radius 2 is 1.78 bits per heavy atom. The van der Waals surface area contributed by atoms with Gasteiger partial charge in [-0.1, -0.05) is 18.2 Å². The zero-order valence-electron chi connectivity index (χ0n) is 13.2. The monoisotopic (exact) mass is 329 g/mol. The van der Waals surface area contributed by atoms with E-state index in [4.69, 9.17) is 0 Å². The number of nitrogens with one attached hydrogen (secondary N) is 1. The first kappa shape index (κ1) is 15.7. The van der Waals surface area contributed by atoms with E-state index in [1.807, 2.05) is 13.0 Å². The molecule has 23 heavy (non-hydrogen) atoms. The number of carbonyl (C=O) groups excluding carboxylic acids is 1. The summed E-state index contributed by atoms with van der Waals surface area (Å²) in [6.07, 6.45) is 3.02. The molecule has 0 atom stereocenters. The van der Waals surface area contributed by atoms with E-state index in [1.54, 1.807) is 30.3 Å². The van der Waals surface area contributed by atoms with Crippen LogP contribution in [0.1, 0.15) is 40.4 Å². The molecule has 0 saturated carbocycles. The number of Topliss-reactive ketones (excluding diaryl/α,β-unsaturated/α-hetero) is 1. The van der Waals surface area contributed by atoms with Gasteiger partial charge in [0, 0.05) is 5.56 Å². The third-order valence-corrected chi connectivity index (χ3v) is 5.63. The summed E-state index contributed by atoms with van der Waals surface area (Å²) in [5.74, 6) is -0.0945. The highest BCUT2D eigenvalue weighted by Gasteiger charge is 2.19. The number of sulfonamides is 1. The van der Waals surface area contributed by atoms with Crippen molar-refractivity contribution < 1.29 is 13.2 Å². The van der Waals surface area contributed by atoms with Crippen LogP contribution in [-0.4, -0.2) is 14.2 Å². The minimum Gasteiger partial charge on any atom is -0.295 e. The first-order valence-corrected chi connectivity index (χ1v) is 9.11. The van der Waals surface area contributed by atoms with Crippen LogP contribution >= 0.6 is 0 Å². The Labute approximate surface area is 136 Å². The molecule has 1 N–H and O–H groups in total. The van der Waals surface area contributed by atoms with Gasteiger partial charge in [0.25, 0.3) is 10.0 Å². The second-order valence-corrected chi connectivity index (χ2v) is 7.66. The van der Waals surface area contributed by atoms with Crippen LogP contribution in [0.4, 0.5) is 5.69 Å². The van der Waals surface area contributed by atoms with E-state index in [2.05, 4.69) is 4.72 Å². The molecule has 3 rings (SSSR count). The van der Waals surface area contributed by atoms with Gasteiger partial charge in [-0.3, -0.25) is 9.52 Å². The summed E-state index contributed by atoms with van der Waals surface area (Å²) in [4.78, 5) is 11.8. The molecular weight excluding hydrogens is 310 g/mol. The van der Waals surface area contributed by atoms with Crippen LogP contribution in [0.25, 0.3) is 0 Å². The molecule has 120 valence electrons. The van der Waals surface area contributed by atoms with Crippen molar-refractivity contribution in [3.05, 3.63) is 58.7 Å². The van der Waals surface area contributed by atoms with Gasteiger partial charge in [0.2, 0.25) is 0 Å². The first-order chi connectivity index (χ1) is 10.9. The van der Waals surface area contributed by atoms with Crippen LogP contribution in [0.5, 0.6) is 0 Å². The highest BCUT2D eigenvalue weighted by atomic mass is 32.2. The minimum atomic E-state index is -3.66. The molecule has 0 amide bonds. The quantitative estimate of drug-likeness (QED) is 0.873. The lowest BCUT2D eigenvalue weighted by Gasteiger charge is -2.12. The molecule has 0 saturated heterocycles. The van der Waals surface area contributed by atoms with Crippen LogP contribution in [-0.2, 0) is 22.9 Å². The topological polar surface area (TPSA) is 63.2 Å². The van der Waals surface area contributed by atoms with Gasteiger partial charge < -0.3 is 0 Å². The van der Waals surface area contributed by atoms with Crippen LogP contribution in [0.15, 0.2) is 41.3 Å². The van der Waals surface area contributed by atoms with Gasteiger partial charge in [0.15, 0.2) is 5.78 Å². The van der Waals surface area contributed by atoms with E-state index in [-0.39, 0.29) is 10.7 Å². The fourth-order valence-corrected chi connectivity index (χ4v) is 4.04. The van der Waals surface area contributed by atoms with Gasteiger partial charge in [-0.25, -0.2) is 8.42 Å². The van der Waals surface area contributed by atoms with Crippen molar-refractivity contribution in [2.75, 3.05) is 4.72 Å². The Hall–Kier alpha value is -2.14. The van der Waals surface area contributed by atoms with Crippen LogP contribution < -0.4 is 4.72 Å². The van der Waals surface area contributed by atoms with Crippen LogP contribution in [0.2, 0.25) is 0 Å². The lowest BCUT2D eigenvalue weighted by Crippen LogP contribution is -2.14. The predicted molar refractivity (Wildman–Crippen MR) is 90.5 cm³/mol. The van der Waals surface area contributed by atoms with Crippen molar-refractivity contribution >= 4 is 21.5 Å². The van der Waals surface area contributed by atoms with E-state index < -0.39 is 10.0 Å². The molecule has 0 heterocycles. The number of hydrogen-bond acceptors (Lipinski definition) is 3. The SMILES string of the molecule is CC(=O)c1ccc(C)c(NS(=O)(=O)c2ccc3c(c2)CCC3)c1. The molecule has 2 aromatic carbocycles. The maximum atomic E-state index is 12.6. The highest BCUT2D eigenvalue weighted by molar-refractivity contribution is 7.92. The second kappa shape index (κ2) is 5.81. The fourth-order valence-electron chi connectivity index (χ4n) is 2.87. The molecule has 1 aliphatic rings. The molecule has 0 aliphatic heterocycles. The number of benzene rings is 2. The molecule has 5 heteroatoms. The third-order valence-electron chi connectivity index (χ3n) is 4.27. The average molecular weight is 329 g/mol. The number of carbonyl (C=O) groups is 1. The highest BCUT2D eigenvalue weighted by Crippen LogP contribution is 2.27. The first-order valence-electron chi connectivity index (χ1n) is 7.63. The Balaban J connectivity index is 1.95. The normalized spacial score (nSPS) is 13.7. The Morgan fingerprint density at radius 1 is 1.04 bits per heavy atom. The number of anilines is 1. The predicted octanol–water partition coefficient (Wildman–Crippen LogP) is 3.49. The maximum absolute atomic E-state index is 12.6. The molecule has 0 fully saturated rings. The van der Waals surface area contributed by atoms with Crippen molar-refractivity contribution in [1.29, 1.82) is 0 Å². The van der Waals surface area contributed by atoms with E-state index >= 15 is 0 Å². The Bertz CT molecular complexity index is 885. The summed E-state index contributed by atoms with van der Waals surface area (Å²) in [6, 6.07) is 10.3. The van der Waals surface area contributed by atoms with Crippen LogP contribution in [0, 0.1) is 6.92 Å². The zero-order valence-corrected chi connectivity index (χ0v) is 14.0.